The molecule has 0 heterocycles. The third-order valence-electron chi connectivity index (χ3n) is 4.03. The number of hydrogen-bond acceptors (Lipinski definition) is 5. The van der Waals surface area contributed by atoms with Crippen LogP contribution in [0.3, 0.4) is 0 Å². The molecule has 0 aliphatic rings. The second kappa shape index (κ2) is 10.5. The highest BCUT2D eigenvalue weighted by atomic mass is 35.5. The van der Waals surface area contributed by atoms with Crippen LogP contribution in [-0.4, -0.2) is 37.4 Å². The van der Waals surface area contributed by atoms with Crippen molar-refractivity contribution in [2.75, 3.05) is 20.3 Å². The van der Waals surface area contributed by atoms with Gasteiger partial charge in [0, 0.05) is 22.6 Å². The Hall–Kier alpha value is -1.79. The highest BCUT2D eigenvalue weighted by molar-refractivity contribution is 6.31. The second-order valence-electron chi connectivity index (χ2n) is 6.20. The van der Waals surface area contributed by atoms with E-state index in [0.717, 1.165) is 11.1 Å². The highest BCUT2D eigenvalue weighted by Gasteiger charge is 2.12. The first kappa shape index (κ1) is 21.5. The molecule has 0 radical (unpaired) electrons. The third kappa shape index (κ3) is 7.03. The van der Waals surface area contributed by atoms with E-state index in [1.807, 2.05) is 25.1 Å². The number of aliphatic hydroxyl groups is 1. The van der Waals surface area contributed by atoms with Crippen molar-refractivity contribution >= 4 is 29.2 Å². The fourth-order valence-corrected chi connectivity index (χ4v) is 2.98. The molecular formula is C20H23Cl2NO4. The molecule has 2 unspecified atom stereocenters. The van der Waals surface area contributed by atoms with Crippen LogP contribution in [0.1, 0.15) is 24.2 Å². The minimum atomic E-state index is -0.643. The number of aliphatic hydroxyl groups excluding tert-OH is 1. The van der Waals surface area contributed by atoms with E-state index in [4.69, 9.17) is 27.9 Å². The number of carbonyl (C=O) groups excluding carboxylic acids is 1. The van der Waals surface area contributed by atoms with Crippen LogP contribution < -0.4 is 10.1 Å². The van der Waals surface area contributed by atoms with Crippen molar-refractivity contribution in [3.63, 3.8) is 0 Å². The summed E-state index contributed by atoms with van der Waals surface area (Å²) in [6.45, 7) is 2.26. The number of carbonyl (C=O) groups is 1. The van der Waals surface area contributed by atoms with Crippen LogP contribution in [0.25, 0.3) is 0 Å². The lowest BCUT2D eigenvalue weighted by Gasteiger charge is -2.18. The number of rotatable bonds is 9. The summed E-state index contributed by atoms with van der Waals surface area (Å²) < 4.78 is 9.85. The summed E-state index contributed by atoms with van der Waals surface area (Å²) in [6, 6.07) is 12.6. The molecule has 0 aliphatic carbocycles. The molecule has 0 bridgehead atoms. The first-order chi connectivity index (χ1) is 12.9. The lowest BCUT2D eigenvalue weighted by Crippen LogP contribution is -2.32. The predicted molar refractivity (Wildman–Crippen MR) is 107 cm³/mol. The van der Waals surface area contributed by atoms with Gasteiger partial charge >= 0.3 is 5.97 Å². The molecule has 0 aromatic heterocycles. The Kier molecular flexibility index (Phi) is 8.38. The Morgan fingerprint density at radius 3 is 2.67 bits per heavy atom. The molecule has 146 valence electrons. The van der Waals surface area contributed by atoms with Crippen molar-refractivity contribution in [3.05, 3.63) is 63.6 Å². The van der Waals surface area contributed by atoms with Crippen LogP contribution >= 0.6 is 23.2 Å². The van der Waals surface area contributed by atoms with Gasteiger partial charge in [0.05, 0.1) is 13.2 Å². The van der Waals surface area contributed by atoms with Gasteiger partial charge in [-0.2, -0.15) is 0 Å². The standard InChI is InChI=1S/C20H23Cl2NO4/c1-13(23-11-19(24)15-4-3-5-16(21)9-15)8-14-6-7-17(10-18(14)22)27-12-20(25)26-2/h3-7,9-10,13,19,23-24H,8,11-12H2,1-2H3. The zero-order chi connectivity index (χ0) is 19.8. The summed E-state index contributed by atoms with van der Waals surface area (Å²) >= 11 is 12.3. The van der Waals surface area contributed by atoms with Crippen LogP contribution in [0.4, 0.5) is 0 Å². The van der Waals surface area contributed by atoms with Crippen molar-refractivity contribution in [3.8, 4) is 5.75 Å². The molecule has 0 aliphatic heterocycles. The maximum Gasteiger partial charge on any atom is 0.343 e. The van der Waals surface area contributed by atoms with Gasteiger partial charge in [-0.15, -0.1) is 0 Å². The van der Waals surface area contributed by atoms with Gasteiger partial charge in [0.25, 0.3) is 0 Å². The Bertz CT molecular complexity index is 769. The van der Waals surface area contributed by atoms with Gasteiger partial charge in [-0.05, 0) is 48.7 Å². The maximum absolute atomic E-state index is 11.1. The number of esters is 1. The molecule has 2 rings (SSSR count). The van der Waals surface area contributed by atoms with E-state index >= 15 is 0 Å². The van der Waals surface area contributed by atoms with Gasteiger partial charge in [-0.25, -0.2) is 4.79 Å². The molecule has 2 aromatic carbocycles. The summed E-state index contributed by atoms with van der Waals surface area (Å²) in [5.41, 5.74) is 1.71. The maximum atomic E-state index is 11.1. The molecule has 0 spiro atoms. The number of ether oxygens (including phenoxy) is 2. The summed E-state index contributed by atoms with van der Waals surface area (Å²) in [4.78, 5) is 11.1. The average molecular weight is 412 g/mol. The minimum Gasteiger partial charge on any atom is -0.482 e. The fourth-order valence-electron chi connectivity index (χ4n) is 2.53. The monoisotopic (exact) mass is 411 g/mol. The van der Waals surface area contributed by atoms with E-state index < -0.39 is 12.1 Å². The summed E-state index contributed by atoms with van der Waals surface area (Å²) in [5, 5.41) is 14.7. The van der Waals surface area contributed by atoms with E-state index in [1.54, 1.807) is 24.3 Å². The molecule has 0 saturated carbocycles. The number of hydrogen-bond donors (Lipinski definition) is 2. The van der Waals surface area contributed by atoms with Gasteiger partial charge in [0.15, 0.2) is 6.61 Å². The number of nitrogens with one attached hydrogen (secondary N) is 1. The van der Waals surface area contributed by atoms with Gasteiger partial charge in [0.1, 0.15) is 5.75 Å². The Morgan fingerprint density at radius 2 is 2.00 bits per heavy atom. The normalized spacial score (nSPS) is 13.1. The number of halogens is 2. The van der Waals surface area contributed by atoms with Gasteiger partial charge in [0.2, 0.25) is 0 Å². The van der Waals surface area contributed by atoms with E-state index in [2.05, 4.69) is 10.1 Å². The van der Waals surface area contributed by atoms with Crippen LogP contribution in [0.2, 0.25) is 10.0 Å². The van der Waals surface area contributed by atoms with E-state index in [-0.39, 0.29) is 12.6 Å². The lowest BCUT2D eigenvalue weighted by molar-refractivity contribution is -0.142. The molecule has 0 amide bonds. The molecule has 7 heteroatoms. The summed E-state index contributed by atoms with van der Waals surface area (Å²) in [7, 11) is 1.31. The Labute approximate surface area is 169 Å². The zero-order valence-corrected chi connectivity index (χ0v) is 16.8. The van der Waals surface area contributed by atoms with Crippen molar-refractivity contribution in [2.24, 2.45) is 0 Å². The molecule has 2 N–H and O–H groups in total. The van der Waals surface area contributed by atoms with Crippen molar-refractivity contribution in [1.29, 1.82) is 0 Å². The van der Waals surface area contributed by atoms with E-state index in [1.165, 1.54) is 7.11 Å². The summed E-state index contributed by atoms with van der Waals surface area (Å²) in [6.07, 6.45) is 0.0361. The van der Waals surface area contributed by atoms with Crippen molar-refractivity contribution in [2.45, 2.75) is 25.5 Å². The van der Waals surface area contributed by atoms with Gasteiger partial charge < -0.3 is 19.9 Å². The Morgan fingerprint density at radius 1 is 1.22 bits per heavy atom. The molecule has 2 aromatic rings. The van der Waals surface area contributed by atoms with Crippen LogP contribution in [0.15, 0.2) is 42.5 Å². The van der Waals surface area contributed by atoms with Crippen LogP contribution in [0.5, 0.6) is 5.75 Å². The van der Waals surface area contributed by atoms with Crippen LogP contribution in [-0.2, 0) is 16.0 Å². The smallest absolute Gasteiger partial charge is 0.343 e. The third-order valence-corrected chi connectivity index (χ3v) is 4.62. The van der Waals surface area contributed by atoms with Crippen molar-refractivity contribution in [1.82, 2.24) is 5.32 Å². The first-order valence-corrected chi connectivity index (χ1v) is 9.29. The SMILES string of the molecule is COC(=O)COc1ccc(CC(C)NCC(O)c2cccc(Cl)c2)c(Cl)c1. The molecular weight excluding hydrogens is 389 g/mol. The van der Waals surface area contributed by atoms with Gasteiger partial charge in [-0.3, -0.25) is 0 Å². The summed E-state index contributed by atoms with van der Waals surface area (Å²) in [5.74, 6) is 0.0532. The predicted octanol–water partition coefficient (Wildman–Crippen LogP) is 3.80. The van der Waals surface area contributed by atoms with E-state index in [9.17, 15) is 9.90 Å². The van der Waals surface area contributed by atoms with E-state index in [0.29, 0.717) is 28.8 Å². The average Bonchev–Trinajstić information content (AvgIpc) is 2.66. The van der Waals surface area contributed by atoms with Crippen molar-refractivity contribution < 1.29 is 19.4 Å². The first-order valence-electron chi connectivity index (χ1n) is 8.54. The topological polar surface area (TPSA) is 67.8 Å². The second-order valence-corrected chi connectivity index (χ2v) is 7.05. The quantitative estimate of drug-likeness (QED) is 0.614. The number of methoxy groups -OCH3 is 1. The molecule has 0 fully saturated rings. The van der Waals surface area contributed by atoms with Gasteiger partial charge in [-0.1, -0.05) is 41.4 Å². The molecule has 0 saturated heterocycles. The molecule has 27 heavy (non-hydrogen) atoms. The zero-order valence-electron chi connectivity index (χ0n) is 15.2. The molecule has 2 atom stereocenters. The Balaban J connectivity index is 1.86. The minimum absolute atomic E-state index is 0.0955. The number of benzene rings is 2. The lowest BCUT2D eigenvalue weighted by atomic mass is 10.1. The highest BCUT2D eigenvalue weighted by Crippen LogP contribution is 2.24. The molecule has 5 nitrogen and oxygen atoms in total. The largest absolute Gasteiger partial charge is 0.482 e. The van der Waals surface area contributed by atoms with Crippen LogP contribution in [0, 0.1) is 0 Å². The fraction of sp³-hybridized carbons (Fsp3) is 0.350.